The molecule has 2 aromatic heterocycles. The number of hydrogen-bond acceptors (Lipinski definition) is 6. The topological polar surface area (TPSA) is 78.4 Å². The molecule has 0 spiro atoms. The number of nitro groups is 1. The Kier molecular flexibility index (Phi) is 4.12. The quantitative estimate of drug-likeness (QED) is 0.508. The highest BCUT2D eigenvalue weighted by Crippen LogP contribution is 2.30. The van der Waals surface area contributed by atoms with Crippen molar-refractivity contribution in [2.75, 3.05) is 0 Å². The summed E-state index contributed by atoms with van der Waals surface area (Å²) in [6.07, 6.45) is 0. The summed E-state index contributed by atoms with van der Waals surface area (Å²) < 4.78 is 11.2. The largest absolute Gasteiger partial charge is 0.480 e. The van der Waals surface area contributed by atoms with Crippen molar-refractivity contribution >= 4 is 17.0 Å². The molecule has 118 valence electrons. The summed E-state index contributed by atoms with van der Waals surface area (Å²) in [4.78, 5) is 16.0. The van der Waals surface area contributed by atoms with Crippen molar-refractivity contribution in [3.63, 3.8) is 0 Å². The zero-order valence-corrected chi connectivity index (χ0v) is 13.4. The van der Waals surface area contributed by atoms with Gasteiger partial charge < -0.3 is 9.15 Å². The average Bonchev–Trinajstić information content (AvgIpc) is 3.15. The highest BCUT2D eigenvalue weighted by molar-refractivity contribution is 7.13. The number of ether oxygens (including phenoxy) is 1. The van der Waals surface area contributed by atoms with E-state index in [9.17, 15) is 10.1 Å². The second-order valence-corrected chi connectivity index (χ2v) is 5.96. The Morgan fingerprint density at radius 3 is 2.87 bits per heavy atom. The predicted octanol–water partition coefficient (Wildman–Crippen LogP) is 4.51. The molecule has 0 aliphatic carbocycles. The van der Waals surface area contributed by atoms with Crippen LogP contribution in [0.5, 0.6) is 5.75 Å². The normalized spacial score (nSPS) is 10.7. The van der Waals surface area contributed by atoms with Gasteiger partial charge >= 0.3 is 5.69 Å². The molecule has 3 rings (SSSR count). The molecule has 0 amide bonds. The van der Waals surface area contributed by atoms with Crippen LogP contribution in [0.15, 0.2) is 40.1 Å². The second-order valence-electron chi connectivity index (χ2n) is 5.02. The number of hydrogen-bond donors (Lipinski definition) is 0. The van der Waals surface area contributed by atoms with E-state index in [-0.39, 0.29) is 18.0 Å². The van der Waals surface area contributed by atoms with Gasteiger partial charge in [0.1, 0.15) is 18.1 Å². The standard InChI is InChI=1S/C16H14N2O4S/c1-10-5-6-14(13(8-10)18(19)20)21-9-12-11(2)22-16(17-12)15-4-3-7-23-15/h3-8H,9H2,1-2H3. The van der Waals surface area contributed by atoms with Crippen molar-refractivity contribution in [3.05, 3.63) is 62.8 Å². The van der Waals surface area contributed by atoms with Gasteiger partial charge in [0.25, 0.3) is 0 Å². The first-order valence-electron chi connectivity index (χ1n) is 6.92. The Morgan fingerprint density at radius 1 is 1.35 bits per heavy atom. The van der Waals surface area contributed by atoms with Crippen LogP contribution in [-0.2, 0) is 6.61 Å². The zero-order valence-electron chi connectivity index (χ0n) is 12.6. The van der Waals surface area contributed by atoms with Crippen molar-refractivity contribution < 1.29 is 14.1 Å². The average molecular weight is 330 g/mol. The van der Waals surface area contributed by atoms with E-state index in [1.807, 2.05) is 17.5 Å². The van der Waals surface area contributed by atoms with Gasteiger partial charge in [-0.1, -0.05) is 12.1 Å². The van der Waals surface area contributed by atoms with Crippen LogP contribution in [0.2, 0.25) is 0 Å². The van der Waals surface area contributed by atoms with Crippen LogP contribution < -0.4 is 4.74 Å². The van der Waals surface area contributed by atoms with Gasteiger partial charge in [-0.15, -0.1) is 11.3 Å². The number of rotatable bonds is 5. The minimum Gasteiger partial charge on any atom is -0.480 e. The maximum Gasteiger partial charge on any atom is 0.311 e. The van der Waals surface area contributed by atoms with Crippen LogP contribution in [-0.4, -0.2) is 9.91 Å². The molecule has 0 saturated carbocycles. The SMILES string of the molecule is Cc1ccc(OCc2nc(-c3cccs3)oc2C)c([N+](=O)[O-])c1. The molecule has 23 heavy (non-hydrogen) atoms. The molecule has 0 radical (unpaired) electrons. The summed E-state index contributed by atoms with van der Waals surface area (Å²) in [5, 5.41) is 13.0. The van der Waals surface area contributed by atoms with Crippen LogP contribution in [0.4, 0.5) is 5.69 Å². The monoisotopic (exact) mass is 330 g/mol. The predicted molar refractivity (Wildman–Crippen MR) is 86.7 cm³/mol. The minimum atomic E-state index is -0.449. The van der Waals surface area contributed by atoms with E-state index in [1.165, 1.54) is 17.4 Å². The first-order valence-corrected chi connectivity index (χ1v) is 7.80. The van der Waals surface area contributed by atoms with Gasteiger partial charge in [0, 0.05) is 6.07 Å². The number of aryl methyl sites for hydroxylation is 2. The molecule has 0 bridgehead atoms. The van der Waals surface area contributed by atoms with Gasteiger partial charge in [0.05, 0.1) is 9.80 Å². The zero-order chi connectivity index (χ0) is 16.4. The number of oxazole rings is 1. The van der Waals surface area contributed by atoms with E-state index in [0.717, 1.165) is 10.4 Å². The Balaban J connectivity index is 1.80. The van der Waals surface area contributed by atoms with Crippen molar-refractivity contribution in [1.29, 1.82) is 0 Å². The molecule has 0 N–H and O–H groups in total. The van der Waals surface area contributed by atoms with Crippen LogP contribution in [0.25, 0.3) is 10.8 Å². The number of aromatic nitrogens is 1. The molecule has 0 unspecified atom stereocenters. The van der Waals surface area contributed by atoms with Gasteiger partial charge in [-0.25, -0.2) is 4.98 Å². The summed E-state index contributed by atoms with van der Waals surface area (Å²) in [6, 6.07) is 8.71. The molecule has 1 aromatic carbocycles. The molecule has 6 nitrogen and oxygen atoms in total. The van der Waals surface area contributed by atoms with Gasteiger partial charge in [-0.05, 0) is 36.9 Å². The number of thiophene rings is 1. The Labute approximate surface area is 136 Å². The maximum atomic E-state index is 11.1. The van der Waals surface area contributed by atoms with Gasteiger partial charge in [0.15, 0.2) is 5.75 Å². The van der Waals surface area contributed by atoms with Crippen LogP contribution >= 0.6 is 11.3 Å². The molecule has 0 saturated heterocycles. The van der Waals surface area contributed by atoms with Crippen molar-refractivity contribution in [1.82, 2.24) is 4.98 Å². The third-order valence-electron chi connectivity index (χ3n) is 3.30. The number of nitrogens with zero attached hydrogens (tertiary/aromatic N) is 2. The lowest BCUT2D eigenvalue weighted by Crippen LogP contribution is -2.01. The lowest BCUT2D eigenvalue weighted by Gasteiger charge is -2.06. The number of benzene rings is 1. The Morgan fingerprint density at radius 2 is 2.17 bits per heavy atom. The third kappa shape index (κ3) is 3.24. The van der Waals surface area contributed by atoms with E-state index in [2.05, 4.69) is 4.98 Å². The summed E-state index contributed by atoms with van der Waals surface area (Å²) in [5.74, 6) is 1.40. The molecule has 2 heterocycles. The third-order valence-corrected chi connectivity index (χ3v) is 4.16. The summed E-state index contributed by atoms with van der Waals surface area (Å²) in [5.41, 5.74) is 1.38. The molecule has 0 aliphatic heterocycles. The molecular weight excluding hydrogens is 316 g/mol. The maximum absolute atomic E-state index is 11.1. The Hall–Kier alpha value is -2.67. The second kappa shape index (κ2) is 6.21. The van der Waals surface area contributed by atoms with Crippen LogP contribution in [0.3, 0.4) is 0 Å². The van der Waals surface area contributed by atoms with Gasteiger partial charge in [0.2, 0.25) is 5.89 Å². The fraction of sp³-hybridized carbons (Fsp3) is 0.188. The van der Waals surface area contributed by atoms with Gasteiger partial charge in [-0.2, -0.15) is 0 Å². The van der Waals surface area contributed by atoms with Crippen LogP contribution in [0, 0.1) is 24.0 Å². The Bertz CT molecular complexity index is 840. The van der Waals surface area contributed by atoms with Crippen molar-refractivity contribution in [3.8, 4) is 16.5 Å². The highest BCUT2D eigenvalue weighted by Gasteiger charge is 2.17. The molecular formula is C16H14N2O4S. The van der Waals surface area contributed by atoms with Crippen molar-refractivity contribution in [2.24, 2.45) is 0 Å². The smallest absolute Gasteiger partial charge is 0.311 e. The first kappa shape index (κ1) is 15.2. The minimum absolute atomic E-state index is 0.0513. The lowest BCUT2D eigenvalue weighted by atomic mass is 10.2. The highest BCUT2D eigenvalue weighted by atomic mass is 32.1. The lowest BCUT2D eigenvalue weighted by molar-refractivity contribution is -0.386. The fourth-order valence-electron chi connectivity index (χ4n) is 2.11. The molecule has 0 atom stereocenters. The van der Waals surface area contributed by atoms with Crippen molar-refractivity contribution in [2.45, 2.75) is 20.5 Å². The molecule has 0 fully saturated rings. The van der Waals surface area contributed by atoms with E-state index in [4.69, 9.17) is 9.15 Å². The van der Waals surface area contributed by atoms with E-state index in [0.29, 0.717) is 17.3 Å². The first-order chi connectivity index (χ1) is 11.0. The summed E-state index contributed by atoms with van der Waals surface area (Å²) in [7, 11) is 0. The van der Waals surface area contributed by atoms with E-state index >= 15 is 0 Å². The summed E-state index contributed by atoms with van der Waals surface area (Å²) in [6.45, 7) is 3.71. The van der Waals surface area contributed by atoms with E-state index in [1.54, 1.807) is 26.0 Å². The van der Waals surface area contributed by atoms with Gasteiger partial charge in [-0.3, -0.25) is 10.1 Å². The van der Waals surface area contributed by atoms with E-state index < -0.39 is 4.92 Å². The number of nitro benzene ring substituents is 1. The van der Waals surface area contributed by atoms with Crippen LogP contribution in [0.1, 0.15) is 17.0 Å². The summed E-state index contributed by atoms with van der Waals surface area (Å²) >= 11 is 1.53. The molecule has 7 heteroatoms. The molecule has 3 aromatic rings. The fourth-order valence-corrected chi connectivity index (χ4v) is 2.75. The molecule has 0 aliphatic rings.